The van der Waals surface area contributed by atoms with Crippen LogP contribution in [0.3, 0.4) is 0 Å². The van der Waals surface area contributed by atoms with Gasteiger partial charge in [0, 0.05) is 5.56 Å². The molecule has 0 aliphatic rings. The molecule has 1 amide bonds. The number of hydrogen-bond acceptors (Lipinski definition) is 4. The zero-order valence-corrected chi connectivity index (χ0v) is 16.3. The van der Waals surface area contributed by atoms with E-state index < -0.39 is 5.97 Å². The predicted octanol–water partition coefficient (Wildman–Crippen LogP) is 3.94. The van der Waals surface area contributed by atoms with Crippen LogP contribution in [0.4, 0.5) is 0 Å². The van der Waals surface area contributed by atoms with Gasteiger partial charge in [0.2, 0.25) is 0 Å². The molecule has 0 aromatic heterocycles. The number of carbonyl (C=O) groups is 2. The first-order chi connectivity index (χ1) is 12.7. The van der Waals surface area contributed by atoms with Crippen molar-refractivity contribution in [2.75, 3.05) is 14.2 Å². The smallest absolute Gasteiger partial charge is 0.354 e. The summed E-state index contributed by atoms with van der Waals surface area (Å²) in [6.45, 7) is 6.32. The van der Waals surface area contributed by atoms with Crippen molar-refractivity contribution in [1.29, 1.82) is 0 Å². The van der Waals surface area contributed by atoms with Crippen LogP contribution < -0.4 is 10.1 Å². The van der Waals surface area contributed by atoms with Crippen LogP contribution in [-0.2, 0) is 14.9 Å². The highest BCUT2D eigenvalue weighted by Gasteiger charge is 2.17. The van der Waals surface area contributed by atoms with Crippen LogP contribution in [0.25, 0.3) is 6.08 Å². The minimum atomic E-state index is -0.620. The summed E-state index contributed by atoms with van der Waals surface area (Å²) in [5.74, 6) is -0.291. The first-order valence-corrected chi connectivity index (χ1v) is 8.60. The highest BCUT2D eigenvalue weighted by molar-refractivity contribution is 6.03. The van der Waals surface area contributed by atoms with Gasteiger partial charge in [-0.2, -0.15) is 0 Å². The molecule has 0 bridgehead atoms. The molecular formula is C22H25NO4. The molecule has 0 radical (unpaired) electrons. The lowest BCUT2D eigenvalue weighted by atomic mass is 9.87. The molecule has 0 unspecified atom stereocenters. The van der Waals surface area contributed by atoms with Crippen molar-refractivity contribution in [3.8, 4) is 5.75 Å². The van der Waals surface area contributed by atoms with Crippen molar-refractivity contribution in [2.24, 2.45) is 0 Å². The quantitative estimate of drug-likeness (QED) is 0.642. The van der Waals surface area contributed by atoms with Crippen molar-refractivity contribution in [1.82, 2.24) is 5.32 Å². The molecule has 142 valence electrons. The van der Waals surface area contributed by atoms with Gasteiger partial charge in [0.25, 0.3) is 5.91 Å². The van der Waals surface area contributed by atoms with Gasteiger partial charge in [0.05, 0.1) is 14.2 Å². The third kappa shape index (κ3) is 5.45. The second kappa shape index (κ2) is 8.54. The molecule has 2 aromatic carbocycles. The largest absolute Gasteiger partial charge is 0.497 e. The molecule has 2 rings (SSSR count). The van der Waals surface area contributed by atoms with Crippen LogP contribution in [-0.4, -0.2) is 26.1 Å². The van der Waals surface area contributed by atoms with Gasteiger partial charge >= 0.3 is 5.97 Å². The Balaban J connectivity index is 2.23. The topological polar surface area (TPSA) is 64.6 Å². The van der Waals surface area contributed by atoms with Crippen molar-refractivity contribution in [3.63, 3.8) is 0 Å². The summed E-state index contributed by atoms with van der Waals surface area (Å²) in [4.78, 5) is 24.6. The number of methoxy groups -OCH3 is 2. The van der Waals surface area contributed by atoms with Crippen molar-refractivity contribution in [2.45, 2.75) is 26.2 Å². The summed E-state index contributed by atoms with van der Waals surface area (Å²) < 4.78 is 9.90. The van der Waals surface area contributed by atoms with Crippen LogP contribution >= 0.6 is 0 Å². The lowest BCUT2D eigenvalue weighted by Gasteiger charge is -2.19. The van der Waals surface area contributed by atoms with Gasteiger partial charge in [-0.25, -0.2) is 4.79 Å². The van der Waals surface area contributed by atoms with E-state index in [2.05, 4.69) is 26.1 Å². The van der Waals surface area contributed by atoms with E-state index in [1.807, 2.05) is 12.1 Å². The van der Waals surface area contributed by atoms with E-state index in [1.54, 1.807) is 49.6 Å². The molecule has 27 heavy (non-hydrogen) atoms. The van der Waals surface area contributed by atoms with Crippen LogP contribution in [0.2, 0.25) is 0 Å². The summed E-state index contributed by atoms with van der Waals surface area (Å²) in [6, 6.07) is 14.4. The highest BCUT2D eigenvalue weighted by Crippen LogP contribution is 2.22. The molecule has 1 N–H and O–H groups in total. The van der Waals surface area contributed by atoms with E-state index in [-0.39, 0.29) is 17.0 Å². The zero-order valence-electron chi connectivity index (χ0n) is 16.3. The molecule has 5 heteroatoms. The van der Waals surface area contributed by atoms with Crippen LogP contribution in [0, 0.1) is 0 Å². The molecule has 0 aliphatic heterocycles. The van der Waals surface area contributed by atoms with E-state index >= 15 is 0 Å². The Morgan fingerprint density at radius 3 is 2.00 bits per heavy atom. The Hall–Kier alpha value is -3.08. The molecule has 0 aliphatic carbocycles. The van der Waals surface area contributed by atoms with Gasteiger partial charge in [-0.05, 0) is 46.9 Å². The second-order valence-electron chi connectivity index (χ2n) is 7.10. The SMILES string of the molecule is COC(=O)C(=Cc1ccc(OC)cc1)NC(=O)c1ccc(C(C)(C)C)cc1. The molecule has 2 aromatic rings. The van der Waals surface area contributed by atoms with Crippen LogP contribution in [0.5, 0.6) is 5.75 Å². The third-order valence-corrected chi connectivity index (χ3v) is 4.09. The van der Waals surface area contributed by atoms with Crippen LogP contribution in [0.1, 0.15) is 42.3 Å². The number of ether oxygens (including phenoxy) is 2. The number of nitrogens with one attached hydrogen (secondary N) is 1. The van der Waals surface area contributed by atoms with E-state index in [1.165, 1.54) is 7.11 Å². The second-order valence-corrected chi connectivity index (χ2v) is 7.10. The fourth-order valence-electron chi connectivity index (χ4n) is 2.44. The Labute approximate surface area is 160 Å². The molecule has 5 nitrogen and oxygen atoms in total. The van der Waals surface area contributed by atoms with Gasteiger partial charge in [-0.3, -0.25) is 4.79 Å². The molecule has 0 saturated heterocycles. The summed E-state index contributed by atoms with van der Waals surface area (Å²) in [6.07, 6.45) is 1.56. The summed E-state index contributed by atoms with van der Waals surface area (Å²) in [7, 11) is 2.85. The van der Waals surface area contributed by atoms with Crippen molar-refractivity contribution < 1.29 is 19.1 Å². The molecule has 0 fully saturated rings. The molecule has 0 heterocycles. The Morgan fingerprint density at radius 1 is 0.926 bits per heavy atom. The summed E-state index contributed by atoms with van der Waals surface area (Å²) in [5.41, 5.74) is 2.39. The number of benzene rings is 2. The number of amides is 1. The maximum atomic E-state index is 12.5. The average Bonchev–Trinajstić information content (AvgIpc) is 2.66. The highest BCUT2D eigenvalue weighted by atomic mass is 16.5. The standard InChI is InChI=1S/C22H25NO4/c1-22(2,3)17-10-8-16(9-11-17)20(24)23-19(21(25)27-5)14-15-6-12-18(26-4)13-7-15/h6-14H,1-5H3,(H,23,24). The summed E-state index contributed by atoms with van der Waals surface area (Å²) in [5, 5.41) is 2.64. The average molecular weight is 367 g/mol. The van der Waals surface area contributed by atoms with Gasteiger partial charge in [0.15, 0.2) is 0 Å². The van der Waals surface area contributed by atoms with Crippen molar-refractivity contribution in [3.05, 3.63) is 70.9 Å². The van der Waals surface area contributed by atoms with Gasteiger partial charge in [-0.1, -0.05) is 45.0 Å². The molecule has 0 spiro atoms. The van der Waals surface area contributed by atoms with Crippen LogP contribution in [0.15, 0.2) is 54.2 Å². The van der Waals surface area contributed by atoms with Gasteiger partial charge in [0.1, 0.15) is 11.4 Å². The first kappa shape index (κ1) is 20.2. The Bertz CT molecular complexity index is 828. The van der Waals surface area contributed by atoms with Crippen molar-refractivity contribution >= 4 is 18.0 Å². The fraction of sp³-hybridized carbons (Fsp3) is 0.273. The normalized spacial score (nSPS) is 11.7. The molecular weight excluding hydrogens is 342 g/mol. The lowest BCUT2D eigenvalue weighted by Crippen LogP contribution is -2.28. The maximum Gasteiger partial charge on any atom is 0.354 e. The minimum absolute atomic E-state index is 0.000448. The lowest BCUT2D eigenvalue weighted by molar-refractivity contribution is -0.136. The van der Waals surface area contributed by atoms with E-state index in [9.17, 15) is 9.59 Å². The Kier molecular flexibility index (Phi) is 6.40. The first-order valence-electron chi connectivity index (χ1n) is 8.60. The number of esters is 1. The third-order valence-electron chi connectivity index (χ3n) is 4.09. The van der Waals surface area contributed by atoms with E-state index in [0.29, 0.717) is 11.3 Å². The fourth-order valence-corrected chi connectivity index (χ4v) is 2.44. The predicted molar refractivity (Wildman–Crippen MR) is 106 cm³/mol. The van der Waals surface area contributed by atoms with E-state index in [0.717, 1.165) is 11.1 Å². The zero-order chi connectivity index (χ0) is 20.0. The summed E-state index contributed by atoms with van der Waals surface area (Å²) >= 11 is 0. The molecule has 0 saturated carbocycles. The number of carbonyl (C=O) groups excluding carboxylic acids is 2. The van der Waals surface area contributed by atoms with Gasteiger partial charge in [-0.15, -0.1) is 0 Å². The van der Waals surface area contributed by atoms with Gasteiger partial charge < -0.3 is 14.8 Å². The maximum absolute atomic E-state index is 12.5. The Morgan fingerprint density at radius 2 is 1.52 bits per heavy atom. The number of hydrogen-bond donors (Lipinski definition) is 1. The molecule has 0 atom stereocenters. The minimum Gasteiger partial charge on any atom is -0.497 e. The van der Waals surface area contributed by atoms with E-state index in [4.69, 9.17) is 9.47 Å². The number of rotatable bonds is 5. The monoisotopic (exact) mass is 367 g/mol.